The summed E-state index contributed by atoms with van der Waals surface area (Å²) in [6, 6.07) is 16.5. The lowest BCUT2D eigenvalue weighted by Crippen LogP contribution is -2.37. The van der Waals surface area contributed by atoms with E-state index in [9.17, 15) is 8.42 Å². The van der Waals surface area contributed by atoms with Crippen molar-refractivity contribution in [2.45, 2.75) is 36.8 Å². The Balaban J connectivity index is 1.56. The molecule has 0 aliphatic carbocycles. The van der Waals surface area contributed by atoms with Gasteiger partial charge in [-0.2, -0.15) is 4.31 Å². The van der Waals surface area contributed by atoms with Crippen LogP contribution in [-0.4, -0.2) is 52.8 Å². The number of hydrogen-bond acceptors (Lipinski definition) is 7. The number of nitrogens with zero attached hydrogens (tertiary/aromatic N) is 1. The van der Waals surface area contributed by atoms with Gasteiger partial charge in [-0.05, 0) is 54.1 Å². The molecule has 35 heavy (non-hydrogen) atoms. The van der Waals surface area contributed by atoms with E-state index in [1.165, 1.54) is 29.5 Å². The molecular weight excluding hydrogens is 486 g/mol. The Labute approximate surface area is 211 Å². The van der Waals surface area contributed by atoms with Crippen LogP contribution in [0.1, 0.15) is 23.3 Å². The van der Waals surface area contributed by atoms with Gasteiger partial charge in [0.25, 0.3) is 0 Å². The van der Waals surface area contributed by atoms with Gasteiger partial charge in [0, 0.05) is 37.1 Å². The van der Waals surface area contributed by atoms with E-state index in [4.69, 9.17) is 18.9 Å². The number of sulfonamides is 1. The number of thiophene rings is 1. The van der Waals surface area contributed by atoms with Gasteiger partial charge in [-0.25, -0.2) is 8.42 Å². The van der Waals surface area contributed by atoms with E-state index in [-0.39, 0.29) is 29.8 Å². The smallest absolute Gasteiger partial charge is 0.247 e. The van der Waals surface area contributed by atoms with Crippen molar-refractivity contribution in [2.24, 2.45) is 0 Å². The molecule has 0 unspecified atom stereocenters. The monoisotopic (exact) mass is 517 g/mol. The van der Waals surface area contributed by atoms with E-state index < -0.39 is 10.0 Å². The van der Waals surface area contributed by atoms with Crippen LogP contribution in [-0.2, 0) is 27.7 Å². The molecule has 1 aliphatic rings. The van der Waals surface area contributed by atoms with E-state index in [0.29, 0.717) is 24.7 Å². The largest absolute Gasteiger partial charge is 0.497 e. The Kier molecular flexibility index (Phi) is 8.67. The van der Waals surface area contributed by atoms with E-state index in [1.54, 1.807) is 23.5 Å². The Morgan fingerprint density at radius 3 is 2.66 bits per heavy atom. The van der Waals surface area contributed by atoms with E-state index >= 15 is 0 Å². The van der Waals surface area contributed by atoms with Gasteiger partial charge < -0.3 is 18.9 Å². The van der Waals surface area contributed by atoms with Crippen LogP contribution in [0.3, 0.4) is 0 Å². The Morgan fingerprint density at radius 1 is 1.06 bits per heavy atom. The van der Waals surface area contributed by atoms with Gasteiger partial charge in [0.15, 0.2) is 0 Å². The summed E-state index contributed by atoms with van der Waals surface area (Å²) in [5.74, 6) is 1.43. The first kappa shape index (κ1) is 25.5. The standard InChI is InChI=1S/C26H31NO6S2/c1-30-21-10-11-25(31-2)26(17-21)35(28,29)27(19-23-8-4-13-32-23)18-20-6-3-7-22(16-20)33-14-12-24-9-5-15-34-24/h3,5-7,9-11,15-17,23H,4,8,12-14,18-19H2,1-2H3/t23-/m1/s1. The van der Waals surface area contributed by atoms with Gasteiger partial charge in [0.2, 0.25) is 10.0 Å². The molecule has 9 heteroatoms. The number of hydrogen-bond donors (Lipinski definition) is 0. The molecule has 0 spiro atoms. The molecule has 1 atom stereocenters. The minimum atomic E-state index is -3.91. The highest BCUT2D eigenvalue weighted by atomic mass is 32.2. The van der Waals surface area contributed by atoms with Crippen LogP contribution in [0.15, 0.2) is 64.9 Å². The molecule has 4 rings (SSSR count). The first-order chi connectivity index (χ1) is 17.0. The topological polar surface area (TPSA) is 74.3 Å². The van der Waals surface area contributed by atoms with Crippen molar-refractivity contribution in [3.63, 3.8) is 0 Å². The van der Waals surface area contributed by atoms with Gasteiger partial charge in [0.1, 0.15) is 22.1 Å². The van der Waals surface area contributed by atoms with Gasteiger partial charge in [-0.15, -0.1) is 11.3 Å². The lowest BCUT2D eigenvalue weighted by Gasteiger charge is -2.26. The quantitative estimate of drug-likeness (QED) is 0.345. The first-order valence-electron chi connectivity index (χ1n) is 11.6. The highest BCUT2D eigenvalue weighted by Crippen LogP contribution is 2.32. The summed E-state index contributed by atoms with van der Waals surface area (Å²) < 4.78 is 51.6. The molecule has 1 saturated heterocycles. The molecule has 7 nitrogen and oxygen atoms in total. The van der Waals surface area contributed by atoms with E-state index in [2.05, 4.69) is 11.4 Å². The second kappa shape index (κ2) is 11.9. The molecule has 0 saturated carbocycles. The molecule has 1 fully saturated rings. The maximum absolute atomic E-state index is 13.9. The molecular formula is C26H31NO6S2. The molecule has 3 aromatic rings. The van der Waals surface area contributed by atoms with Crippen LogP contribution in [0, 0.1) is 0 Å². The third kappa shape index (κ3) is 6.55. The second-order valence-corrected chi connectivity index (χ2v) is 11.2. The van der Waals surface area contributed by atoms with Crippen LogP contribution < -0.4 is 14.2 Å². The summed E-state index contributed by atoms with van der Waals surface area (Å²) in [7, 11) is -0.946. The zero-order valence-electron chi connectivity index (χ0n) is 20.0. The summed E-state index contributed by atoms with van der Waals surface area (Å²) in [4.78, 5) is 1.34. The predicted molar refractivity (Wildman–Crippen MR) is 136 cm³/mol. The zero-order chi connectivity index (χ0) is 24.7. The fourth-order valence-electron chi connectivity index (χ4n) is 4.05. The molecule has 0 amide bonds. The number of methoxy groups -OCH3 is 2. The molecule has 1 aliphatic heterocycles. The molecule has 1 aromatic heterocycles. The van der Waals surface area contributed by atoms with E-state index in [0.717, 1.165) is 24.8 Å². The fraction of sp³-hybridized carbons (Fsp3) is 0.385. The lowest BCUT2D eigenvalue weighted by molar-refractivity contribution is 0.0925. The number of benzene rings is 2. The van der Waals surface area contributed by atoms with Crippen molar-refractivity contribution in [2.75, 3.05) is 34.0 Å². The Bertz CT molecular complexity index is 1190. The van der Waals surface area contributed by atoms with Crippen LogP contribution in [0.5, 0.6) is 17.2 Å². The third-order valence-corrected chi connectivity index (χ3v) is 8.64. The van der Waals surface area contributed by atoms with E-state index in [1.807, 2.05) is 30.3 Å². The number of rotatable bonds is 12. The second-order valence-electron chi connectivity index (χ2n) is 8.27. The highest BCUT2D eigenvalue weighted by Gasteiger charge is 2.32. The molecule has 0 N–H and O–H groups in total. The maximum Gasteiger partial charge on any atom is 0.247 e. The van der Waals surface area contributed by atoms with Crippen LogP contribution in [0.25, 0.3) is 0 Å². The number of ether oxygens (including phenoxy) is 4. The zero-order valence-corrected chi connectivity index (χ0v) is 21.6. The molecule has 2 heterocycles. The van der Waals surface area contributed by atoms with Gasteiger partial charge in [-0.3, -0.25) is 0 Å². The van der Waals surface area contributed by atoms with Gasteiger partial charge in [-0.1, -0.05) is 18.2 Å². The average molecular weight is 518 g/mol. The van der Waals surface area contributed by atoms with Crippen molar-refractivity contribution in [1.82, 2.24) is 4.31 Å². The summed E-state index contributed by atoms with van der Waals surface area (Å²) in [6.45, 7) is 1.65. The van der Waals surface area contributed by atoms with Crippen LogP contribution >= 0.6 is 11.3 Å². The van der Waals surface area contributed by atoms with Crippen molar-refractivity contribution in [3.8, 4) is 17.2 Å². The van der Waals surface area contributed by atoms with Crippen molar-refractivity contribution >= 4 is 21.4 Å². The SMILES string of the molecule is COc1ccc(OC)c(S(=O)(=O)N(Cc2cccc(OCCc3cccs3)c2)C[C@H]2CCCO2)c1. The first-order valence-corrected chi connectivity index (χ1v) is 13.9. The molecule has 0 radical (unpaired) electrons. The van der Waals surface area contributed by atoms with Crippen LogP contribution in [0.2, 0.25) is 0 Å². The fourth-order valence-corrected chi connectivity index (χ4v) is 6.37. The van der Waals surface area contributed by atoms with Crippen LogP contribution in [0.4, 0.5) is 0 Å². The summed E-state index contributed by atoms with van der Waals surface area (Å²) in [5, 5.41) is 2.05. The lowest BCUT2D eigenvalue weighted by atomic mass is 10.2. The van der Waals surface area contributed by atoms with Gasteiger partial charge in [0.05, 0.1) is 26.9 Å². The minimum absolute atomic E-state index is 0.0701. The molecule has 188 valence electrons. The maximum atomic E-state index is 13.9. The average Bonchev–Trinajstić information content (AvgIpc) is 3.58. The Morgan fingerprint density at radius 2 is 1.94 bits per heavy atom. The predicted octanol–water partition coefficient (Wildman–Crippen LogP) is 4.76. The van der Waals surface area contributed by atoms with Crippen molar-refractivity contribution in [3.05, 3.63) is 70.4 Å². The Hall–Kier alpha value is -2.59. The molecule has 0 bridgehead atoms. The van der Waals surface area contributed by atoms with Gasteiger partial charge >= 0.3 is 0 Å². The summed E-state index contributed by atoms with van der Waals surface area (Å²) >= 11 is 1.71. The molecule has 2 aromatic carbocycles. The normalized spacial score (nSPS) is 15.9. The third-order valence-electron chi connectivity index (χ3n) is 5.87. The summed E-state index contributed by atoms with van der Waals surface area (Å²) in [6.07, 6.45) is 2.44. The summed E-state index contributed by atoms with van der Waals surface area (Å²) in [5.41, 5.74) is 0.835. The van der Waals surface area contributed by atoms with Crippen molar-refractivity contribution < 1.29 is 27.4 Å². The minimum Gasteiger partial charge on any atom is -0.497 e. The van der Waals surface area contributed by atoms with Crippen molar-refractivity contribution in [1.29, 1.82) is 0 Å². The highest BCUT2D eigenvalue weighted by molar-refractivity contribution is 7.89.